The molecule has 1 rings (SSSR count). The molecule has 0 saturated carbocycles. The van der Waals surface area contributed by atoms with Gasteiger partial charge < -0.3 is 14.6 Å². The van der Waals surface area contributed by atoms with Crippen LogP contribution in [0.25, 0.3) is 0 Å². The summed E-state index contributed by atoms with van der Waals surface area (Å²) in [7, 11) is 2.70. The van der Waals surface area contributed by atoms with Gasteiger partial charge in [-0.25, -0.2) is 0 Å². The molecule has 0 aromatic heterocycles. The van der Waals surface area contributed by atoms with E-state index in [2.05, 4.69) is 5.32 Å². The van der Waals surface area contributed by atoms with Crippen LogP contribution >= 0.6 is 0 Å². The zero-order valence-electron chi connectivity index (χ0n) is 15.6. The van der Waals surface area contributed by atoms with Crippen molar-refractivity contribution in [3.8, 4) is 11.5 Å². The normalized spacial score (nSPS) is 14.6. The van der Waals surface area contributed by atoms with Gasteiger partial charge in [0, 0.05) is 0 Å². The quantitative estimate of drug-likeness (QED) is 0.712. The van der Waals surface area contributed by atoms with Crippen LogP contribution in [-0.2, 0) is 4.79 Å². The molecule has 0 spiro atoms. The van der Waals surface area contributed by atoms with Crippen molar-refractivity contribution in [2.24, 2.45) is 5.41 Å². The molecule has 0 heterocycles. The number of aliphatic carboxylic acids is 1. The minimum atomic E-state index is -4.67. The summed E-state index contributed by atoms with van der Waals surface area (Å²) < 4.78 is 50.9. The number of alkyl halides is 3. The van der Waals surface area contributed by atoms with Crippen molar-refractivity contribution in [1.29, 1.82) is 0 Å². The van der Waals surface area contributed by atoms with Crippen molar-refractivity contribution >= 4 is 5.97 Å². The summed E-state index contributed by atoms with van der Waals surface area (Å²) in [5, 5.41) is 11.6. The number of hydrogen-bond donors (Lipinski definition) is 2. The van der Waals surface area contributed by atoms with Gasteiger partial charge in [0.2, 0.25) is 0 Å². The smallest absolute Gasteiger partial charge is 0.407 e. The maximum atomic E-state index is 13.6. The van der Waals surface area contributed by atoms with Gasteiger partial charge in [0.1, 0.15) is 12.1 Å². The molecule has 0 aliphatic carbocycles. The average Bonchev–Trinajstić information content (AvgIpc) is 2.51. The van der Waals surface area contributed by atoms with E-state index >= 15 is 0 Å². The summed E-state index contributed by atoms with van der Waals surface area (Å²) >= 11 is 0. The first-order valence-corrected chi connectivity index (χ1v) is 8.16. The number of benzene rings is 1. The van der Waals surface area contributed by atoms with Crippen molar-refractivity contribution in [3.05, 3.63) is 23.8 Å². The van der Waals surface area contributed by atoms with E-state index in [0.29, 0.717) is 12.2 Å². The first-order valence-electron chi connectivity index (χ1n) is 8.16. The van der Waals surface area contributed by atoms with Crippen LogP contribution < -0.4 is 14.8 Å². The zero-order valence-corrected chi connectivity index (χ0v) is 15.6. The molecule has 0 radical (unpaired) electrons. The second-order valence-electron chi connectivity index (χ2n) is 7.25. The lowest BCUT2D eigenvalue weighted by Crippen LogP contribution is -2.45. The Labute approximate surface area is 151 Å². The maximum absolute atomic E-state index is 13.6. The standard InChI is InChI=1S/C18H26F3NO4/c1-17(2,3)9-8-12(16(23)24)22-15(18(19,20)21)11-6-7-13(25-4)14(10-11)26-5/h6-7,10,12,15,22H,8-9H2,1-5H3,(H,23,24)/t12-,15-/m0/s1. The minimum absolute atomic E-state index is 0.0820. The molecule has 1 aromatic rings. The predicted octanol–water partition coefficient (Wildman–Crippen LogP) is 4.18. The average molecular weight is 377 g/mol. The number of methoxy groups -OCH3 is 2. The lowest BCUT2D eigenvalue weighted by atomic mass is 9.88. The lowest BCUT2D eigenvalue weighted by molar-refractivity contribution is -0.163. The zero-order chi connectivity index (χ0) is 20.1. The Morgan fingerprint density at radius 3 is 2.15 bits per heavy atom. The fraction of sp³-hybridized carbons (Fsp3) is 0.611. The number of carboxylic acids is 1. The second-order valence-corrected chi connectivity index (χ2v) is 7.25. The molecule has 2 atom stereocenters. The second kappa shape index (κ2) is 8.62. The largest absolute Gasteiger partial charge is 0.493 e. The van der Waals surface area contributed by atoms with E-state index in [1.165, 1.54) is 32.4 Å². The third kappa shape index (κ3) is 6.40. The summed E-state index contributed by atoms with van der Waals surface area (Å²) in [6.07, 6.45) is -4.12. The third-order valence-corrected chi connectivity index (χ3v) is 3.92. The summed E-state index contributed by atoms with van der Waals surface area (Å²) in [4.78, 5) is 11.5. The molecule has 8 heteroatoms. The van der Waals surface area contributed by atoms with Gasteiger partial charge in [-0.2, -0.15) is 13.2 Å². The summed E-state index contributed by atoms with van der Waals surface area (Å²) in [6.45, 7) is 5.71. The Morgan fingerprint density at radius 1 is 1.15 bits per heavy atom. The van der Waals surface area contributed by atoms with Gasteiger partial charge in [-0.05, 0) is 36.0 Å². The molecule has 0 saturated heterocycles. The Morgan fingerprint density at radius 2 is 1.73 bits per heavy atom. The van der Waals surface area contributed by atoms with Gasteiger partial charge in [-0.1, -0.05) is 26.8 Å². The van der Waals surface area contributed by atoms with Crippen molar-refractivity contribution in [3.63, 3.8) is 0 Å². The molecule has 2 N–H and O–H groups in total. The van der Waals surface area contributed by atoms with E-state index in [0.717, 1.165) is 0 Å². The van der Waals surface area contributed by atoms with Crippen molar-refractivity contribution in [1.82, 2.24) is 5.32 Å². The monoisotopic (exact) mass is 377 g/mol. The highest BCUT2D eigenvalue weighted by atomic mass is 19.4. The summed E-state index contributed by atoms with van der Waals surface area (Å²) in [6, 6.07) is 0.346. The molecule has 5 nitrogen and oxygen atoms in total. The van der Waals surface area contributed by atoms with Crippen molar-refractivity contribution in [2.45, 2.75) is 51.9 Å². The summed E-state index contributed by atoms with van der Waals surface area (Å²) in [5.74, 6) is -0.883. The molecule has 0 fully saturated rings. The van der Waals surface area contributed by atoms with E-state index < -0.39 is 24.2 Å². The van der Waals surface area contributed by atoms with Crippen LogP contribution in [0.4, 0.5) is 13.2 Å². The van der Waals surface area contributed by atoms with Crippen LogP contribution in [0.2, 0.25) is 0 Å². The highest BCUT2D eigenvalue weighted by Crippen LogP contribution is 2.37. The SMILES string of the molecule is COc1ccc([C@H](N[C@@H](CCC(C)(C)C)C(=O)O)C(F)(F)F)cc1OC. The number of carbonyl (C=O) groups is 1. The van der Waals surface area contributed by atoms with E-state index in [1.807, 2.05) is 20.8 Å². The van der Waals surface area contributed by atoms with Crippen molar-refractivity contribution in [2.75, 3.05) is 14.2 Å². The van der Waals surface area contributed by atoms with E-state index in [1.54, 1.807) is 0 Å². The molecular weight excluding hydrogens is 351 g/mol. The fourth-order valence-corrected chi connectivity index (χ4v) is 2.47. The maximum Gasteiger partial charge on any atom is 0.407 e. The number of carboxylic acid groups (broad SMARTS) is 1. The number of nitrogens with one attached hydrogen (secondary N) is 1. The predicted molar refractivity (Wildman–Crippen MR) is 91.6 cm³/mol. The fourth-order valence-electron chi connectivity index (χ4n) is 2.47. The summed E-state index contributed by atoms with van der Waals surface area (Å²) in [5.41, 5.74) is -0.330. The van der Waals surface area contributed by atoms with E-state index in [4.69, 9.17) is 9.47 Å². The first kappa shape index (κ1) is 22.1. The van der Waals surface area contributed by atoms with Gasteiger partial charge in [0.05, 0.1) is 14.2 Å². The Balaban J connectivity index is 3.15. The Kier molecular flexibility index (Phi) is 7.32. The highest BCUT2D eigenvalue weighted by molar-refractivity contribution is 5.73. The van der Waals surface area contributed by atoms with Crippen LogP contribution in [0, 0.1) is 5.41 Å². The van der Waals surface area contributed by atoms with Crippen LogP contribution in [0.3, 0.4) is 0 Å². The molecule has 148 valence electrons. The van der Waals surface area contributed by atoms with Crippen molar-refractivity contribution < 1.29 is 32.5 Å². The molecule has 0 unspecified atom stereocenters. The van der Waals surface area contributed by atoms with E-state index in [9.17, 15) is 23.1 Å². The van der Waals surface area contributed by atoms with Gasteiger partial charge in [-0.3, -0.25) is 10.1 Å². The van der Waals surface area contributed by atoms with Crippen LogP contribution in [-0.4, -0.2) is 37.5 Å². The number of hydrogen-bond acceptors (Lipinski definition) is 4. The van der Waals surface area contributed by atoms with Crippen LogP contribution in [0.5, 0.6) is 11.5 Å². The van der Waals surface area contributed by atoms with Crippen LogP contribution in [0.15, 0.2) is 18.2 Å². The van der Waals surface area contributed by atoms with Gasteiger partial charge in [0.15, 0.2) is 11.5 Å². The molecule has 0 amide bonds. The number of rotatable bonds is 8. The van der Waals surface area contributed by atoms with Gasteiger partial charge in [-0.15, -0.1) is 0 Å². The molecule has 0 aliphatic heterocycles. The molecular formula is C18H26F3NO4. The topological polar surface area (TPSA) is 67.8 Å². The lowest BCUT2D eigenvalue weighted by Gasteiger charge is -2.28. The van der Waals surface area contributed by atoms with Gasteiger partial charge in [0.25, 0.3) is 0 Å². The van der Waals surface area contributed by atoms with Gasteiger partial charge >= 0.3 is 12.1 Å². The highest BCUT2D eigenvalue weighted by Gasteiger charge is 2.43. The molecule has 0 aliphatic rings. The van der Waals surface area contributed by atoms with Crippen LogP contribution in [0.1, 0.15) is 45.2 Å². The molecule has 26 heavy (non-hydrogen) atoms. The minimum Gasteiger partial charge on any atom is -0.493 e. The first-order chi connectivity index (χ1) is 11.9. The van der Waals surface area contributed by atoms with E-state index in [-0.39, 0.29) is 23.1 Å². The molecule has 0 bridgehead atoms. The number of halogens is 3. The number of ether oxygens (including phenoxy) is 2. The molecule has 1 aromatic carbocycles. The Bertz CT molecular complexity index is 611. The third-order valence-electron chi connectivity index (χ3n) is 3.92. The Hall–Kier alpha value is -1.96.